The summed E-state index contributed by atoms with van der Waals surface area (Å²) in [6.07, 6.45) is 2.81. The third kappa shape index (κ3) is 4.34. The Morgan fingerprint density at radius 2 is 1.92 bits per heavy atom. The Kier molecular flexibility index (Phi) is 5.43. The summed E-state index contributed by atoms with van der Waals surface area (Å²) in [6, 6.07) is 14.8. The zero-order chi connectivity index (χ0) is 18.5. The minimum atomic E-state index is -0.398. The number of hydrogen-bond donors (Lipinski definition) is 2. The number of hydrogen-bond acceptors (Lipinski definition) is 5. The number of halogens is 1. The SMILES string of the molecule is O=C(/C=C/c1ccc(COc2ccccc2Br)o1)c1ccc(O)cc1O. The molecule has 0 aliphatic carbocycles. The van der Waals surface area contributed by atoms with E-state index in [0.717, 1.165) is 10.5 Å². The van der Waals surface area contributed by atoms with Crippen molar-refractivity contribution in [1.82, 2.24) is 0 Å². The van der Waals surface area contributed by atoms with Crippen molar-refractivity contribution in [3.63, 3.8) is 0 Å². The van der Waals surface area contributed by atoms with Gasteiger partial charge in [0, 0.05) is 6.07 Å². The summed E-state index contributed by atoms with van der Waals surface area (Å²) in [5.74, 6) is 1.02. The highest BCUT2D eigenvalue weighted by Gasteiger charge is 2.09. The van der Waals surface area contributed by atoms with Crippen molar-refractivity contribution >= 4 is 27.8 Å². The smallest absolute Gasteiger partial charge is 0.189 e. The van der Waals surface area contributed by atoms with Crippen LogP contribution in [0.2, 0.25) is 0 Å². The average Bonchev–Trinajstić information content (AvgIpc) is 3.07. The van der Waals surface area contributed by atoms with E-state index in [-0.39, 0.29) is 23.7 Å². The van der Waals surface area contributed by atoms with Crippen molar-refractivity contribution in [2.75, 3.05) is 0 Å². The fourth-order valence-corrected chi connectivity index (χ4v) is 2.65. The van der Waals surface area contributed by atoms with Gasteiger partial charge in [-0.25, -0.2) is 0 Å². The van der Waals surface area contributed by atoms with Crippen LogP contribution in [-0.4, -0.2) is 16.0 Å². The molecule has 0 bridgehead atoms. The van der Waals surface area contributed by atoms with Gasteiger partial charge in [0.25, 0.3) is 0 Å². The lowest BCUT2D eigenvalue weighted by molar-refractivity contribution is 0.104. The molecule has 0 atom stereocenters. The fraction of sp³-hybridized carbons (Fsp3) is 0.0500. The molecule has 2 N–H and O–H groups in total. The highest BCUT2D eigenvalue weighted by Crippen LogP contribution is 2.25. The Morgan fingerprint density at radius 1 is 1.12 bits per heavy atom. The van der Waals surface area contributed by atoms with Gasteiger partial charge in [-0.05, 0) is 64.5 Å². The first-order chi connectivity index (χ1) is 12.5. The Balaban J connectivity index is 1.63. The van der Waals surface area contributed by atoms with Gasteiger partial charge in [-0.3, -0.25) is 4.79 Å². The molecule has 2 aromatic carbocycles. The molecule has 3 rings (SSSR count). The van der Waals surface area contributed by atoms with Crippen molar-refractivity contribution in [1.29, 1.82) is 0 Å². The molecule has 0 saturated carbocycles. The third-order valence-electron chi connectivity index (χ3n) is 3.53. The number of para-hydroxylation sites is 1. The summed E-state index contributed by atoms with van der Waals surface area (Å²) in [7, 11) is 0. The van der Waals surface area contributed by atoms with Crippen LogP contribution in [0.25, 0.3) is 6.08 Å². The van der Waals surface area contributed by atoms with Gasteiger partial charge in [-0.1, -0.05) is 12.1 Å². The number of phenols is 2. The topological polar surface area (TPSA) is 79.9 Å². The second-order valence-corrected chi connectivity index (χ2v) is 6.28. The average molecular weight is 415 g/mol. The Labute approximate surface area is 158 Å². The van der Waals surface area contributed by atoms with Crippen molar-refractivity contribution in [2.24, 2.45) is 0 Å². The van der Waals surface area contributed by atoms with E-state index in [4.69, 9.17) is 9.15 Å². The minimum absolute atomic E-state index is 0.100. The first-order valence-electron chi connectivity index (χ1n) is 7.73. The molecule has 0 amide bonds. The van der Waals surface area contributed by atoms with E-state index in [2.05, 4.69) is 15.9 Å². The maximum absolute atomic E-state index is 12.1. The number of aromatic hydroxyl groups is 2. The molecule has 26 heavy (non-hydrogen) atoms. The Morgan fingerprint density at radius 3 is 2.69 bits per heavy atom. The predicted molar refractivity (Wildman–Crippen MR) is 100 cm³/mol. The molecule has 0 fully saturated rings. The van der Waals surface area contributed by atoms with Gasteiger partial charge < -0.3 is 19.4 Å². The molecule has 0 spiro atoms. The first-order valence-corrected chi connectivity index (χ1v) is 8.52. The van der Waals surface area contributed by atoms with Crippen LogP contribution in [0.15, 0.2) is 69.6 Å². The van der Waals surface area contributed by atoms with E-state index in [1.54, 1.807) is 12.1 Å². The van der Waals surface area contributed by atoms with Crippen LogP contribution in [0.3, 0.4) is 0 Å². The lowest BCUT2D eigenvalue weighted by Gasteiger charge is -2.05. The molecule has 132 valence electrons. The largest absolute Gasteiger partial charge is 0.508 e. The van der Waals surface area contributed by atoms with E-state index in [1.807, 2.05) is 24.3 Å². The molecule has 1 aromatic heterocycles. The van der Waals surface area contributed by atoms with E-state index in [0.29, 0.717) is 17.3 Å². The van der Waals surface area contributed by atoms with Crippen molar-refractivity contribution in [3.8, 4) is 17.2 Å². The first kappa shape index (κ1) is 17.8. The number of benzene rings is 2. The summed E-state index contributed by atoms with van der Waals surface area (Å²) in [6.45, 7) is 0.253. The number of phenolic OH excluding ortho intramolecular Hbond substituents is 2. The number of carbonyl (C=O) groups is 1. The molecule has 0 aliphatic heterocycles. The van der Waals surface area contributed by atoms with E-state index >= 15 is 0 Å². The molecule has 0 radical (unpaired) electrons. The zero-order valence-corrected chi connectivity index (χ0v) is 15.1. The van der Waals surface area contributed by atoms with Crippen molar-refractivity contribution in [2.45, 2.75) is 6.61 Å². The highest BCUT2D eigenvalue weighted by molar-refractivity contribution is 9.10. The number of furan rings is 1. The Bertz CT molecular complexity index is 958. The van der Waals surface area contributed by atoms with Gasteiger partial charge in [-0.15, -0.1) is 0 Å². The summed E-state index contributed by atoms with van der Waals surface area (Å²) in [4.78, 5) is 12.1. The number of rotatable bonds is 6. The molecule has 1 heterocycles. The minimum Gasteiger partial charge on any atom is -0.508 e. The van der Waals surface area contributed by atoms with Crippen molar-refractivity contribution in [3.05, 3.63) is 82.2 Å². The maximum Gasteiger partial charge on any atom is 0.189 e. The molecule has 0 saturated heterocycles. The molecule has 0 aliphatic rings. The maximum atomic E-state index is 12.1. The van der Waals surface area contributed by atoms with Crippen LogP contribution in [0.5, 0.6) is 17.2 Å². The lowest BCUT2D eigenvalue weighted by atomic mass is 10.1. The van der Waals surface area contributed by atoms with Gasteiger partial charge in [-0.2, -0.15) is 0 Å². The summed E-state index contributed by atoms with van der Waals surface area (Å²) in [5.41, 5.74) is 0.100. The van der Waals surface area contributed by atoms with Crippen LogP contribution < -0.4 is 4.74 Å². The van der Waals surface area contributed by atoms with Crippen LogP contribution >= 0.6 is 15.9 Å². The molecular weight excluding hydrogens is 400 g/mol. The number of allylic oxidation sites excluding steroid dienone is 1. The van der Waals surface area contributed by atoms with E-state index in [1.165, 1.54) is 24.3 Å². The molecule has 3 aromatic rings. The van der Waals surface area contributed by atoms with Crippen LogP contribution in [-0.2, 0) is 6.61 Å². The number of carbonyl (C=O) groups excluding carboxylic acids is 1. The fourth-order valence-electron chi connectivity index (χ4n) is 2.25. The molecule has 0 unspecified atom stereocenters. The van der Waals surface area contributed by atoms with Gasteiger partial charge in [0.05, 0.1) is 10.0 Å². The normalized spacial score (nSPS) is 11.0. The van der Waals surface area contributed by atoms with E-state index in [9.17, 15) is 15.0 Å². The van der Waals surface area contributed by atoms with Gasteiger partial charge in [0.2, 0.25) is 0 Å². The monoisotopic (exact) mass is 414 g/mol. The van der Waals surface area contributed by atoms with Gasteiger partial charge in [0.1, 0.15) is 35.4 Å². The summed E-state index contributed by atoms with van der Waals surface area (Å²) < 4.78 is 12.1. The summed E-state index contributed by atoms with van der Waals surface area (Å²) in [5, 5.41) is 19.0. The van der Waals surface area contributed by atoms with Gasteiger partial charge in [0.15, 0.2) is 5.78 Å². The third-order valence-corrected chi connectivity index (χ3v) is 4.19. The van der Waals surface area contributed by atoms with Crippen molar-refractivity contribution < 1.29 is 24.2 Å². The zero-order valence-electron chi connectivity index (χ0n) is 13.6. The van der Waals surface area contributed by atoms with Gasteiger partial charge >= 0.3 is 0 Å². The number of ether oxygens (including phenoxy) is 1. The van der Waals surface area contributed by atoms with Crippen LogP contribution in [0.1, 0.15) is 21.9 Å². The number of ketones is 1. The predicted octanol–water partition coefficient (Wildman–Crippen LogP) is 4.93. The van der Waals surface area contributed by atoms with Crippen LogP contribution in [0.4, 0.5) is 0 Å². The quantitative estimate of drug-likeness (QED) is 0.441. The molecular formula is C20H15BrO5. The second kappa shape index (κ2) is 7.93. The lowest BCUT2D eigenvalue weighted by Crippen LogP contribution is -1.94. The highest BCUT2D eigenvalue weighted by atomic mass is 79.9. The Hall–Kier alpha value is -2.99. The standard InChI is InChI=1S/C20H15BrO5/c21-17-3-1-2-4-20(17)25-12-15-7-6-14(26-15)8-10-18(23)16-9-5-13(22)11-19(16)24/h1-11,22,24H,12H2/b10-8+. The summed E-state index contributed by atoms with van der Waals surface area (Å²) >= 11 is 3.41. The van der Waals surface area contributed by atoms with Crippen LogP contribution in [0, 0.1) is 0 Å². The van der Waals surface area contributed by atoms with E-state index < -0.39 is 5.78 Å². The molecule has 5 nitrogen and oxygen atoms in total. The second-order valence-electron chi connectivity index (χ2n) is 5.42. The molecule has 6 heteroatoms.